The number of benzene rings is 1. The van der Waals surface area contributed by atoms with Crippen molar-refractivity contribution in [1.29, 1.82) is 0 Å². The van der Waals surface area contributed by atoms with Crippen LogP contribution in [0.25, 0.3) is 0 Å². The number of amides is 1. The summed E-state index contributed by atoms with van der Waals surface area (Å²) in [5.41, 5.74) is 9.74. The van der Waals surface area contributed by atoms with E-state index in [1.165, 1.54) is 32.0 Å². The van der Waals surface area contributed by atoms with E-state index in [4.69, 9.17) is 11.5 Å². The van der Waals surface area contributed by atoms with Crippen LogP contribution in [0.5, 0.6) is 0 Å². The summed E-state index contributed by atoms with van der Waals surface area (Å²) >= 11 is 3.14. The first-order valence-corrected chi connectivity index (χ1v) is 7.23. The number of primary amides is 1. The minimum Gasteiger partial charge on any atom is -0.398 e. The Morgan fingerprint density at radius 2 is 1.94 bits per heavy atom. The molecule has 1 rings (SSSR count). The maximum absolute atomic E-state index is 12.0. The molecule has 6 nitrogen and oxygen atoms in total. The Labute approximate surface area is 114 Å². The van der Waals surface area contributed by atoms with Crippen molar-refractivity contribution in [2.45, 2.75) is 24.3 Å². The quantitative estimate of drug-likeness (QED) is 0.697. The number of carbonyl (C=O) groups excluding carboxylic acids is 1. The van der Waals surface area contributed by atoms with E-state index in [9.17, 15) is 13.2 Å². The van der Waals surface area contributed by atoms with Crippen molar-refractivity contribution in [3.8, 4) is 0 Å². The lowest BCUT2D eigenvalue weighted by molar-refractivity contribution is -0.122. The van der Waals surface area contributed by atoms with E-state index in [-0.39, 0.29) is 4.90 Å². The van der Waals surface area contributed by atoms with Gasteiger partial charge in [-0.2, -0.15) is 4.72 Å². The van der Waals surface area contributed by atoms with Gasteiger partial charge >= 0.3 is 0 Å². The van der Waals surface area contributed by atoms with Crippen molar-refractivity contribution < 1.29 is 13.2 Å². The number of nitrogens with one attached hydrogen (secondary N) is 1. The molecule has 8 heteroatoms. The number of anilines is 1. The average molecular weight is 336 g/mol. The molecule has 0 saturated heterocycles. The largest absolute Gasteiger partial charge is 0.398 e. The van der Waals surface area contributed by atoms with Crippen molar-refractivity contribution in [2.75, 3.05) is 5.73 Å². The molecule has 0 fully saturated rings. The summed E-state index contributed by atoms with van der Waals surface area (Å²) in [6.45, 7) is 2.78. The highest BCUT2D eigenvalue weighted by Gasteiger charge is 2.31. The van der Waals surface area contributed by atoms with E-state index in [1.807, 2.05) is 0 Å². The van der Waals surface area contributed by atoms with E-state index < -0.39 is 21.5 Å². The van der Waals surface area contributed by atoms with E-state index in [0.717, 1.165) is 0 Å². The van der Waals surface area contributed by atoms with Gasteiger partial charge in [-0.3, -0.25) is 4.79 Å². The number of hydrogen-bond donors (Lipinski definition) is 3. The zero-order valence-corrected chi connectivity index (χ0v) is 12.3. The summed E-state index contributed by atoms with van der Waals surface area (Å²) in [5, 5.41) is 0. The molecule has 0 atom stereocenters. The molecule has 0 unspecified atom stereocenters. The summed E-state index contributed by atoms with van der Waals surface area (Å²) in [4.78, 5) is 11.1. The third-order valence-corrected chi connectivity index (χ3v) is 4.63. The van der Waals surface area contributed by atoms with Crippen LogP contribution in [0.3, 0.4) is 0 Å². The molecule has 0 spiro atoms. The highest BCUT2D eigenvalue weighted by Crippen LogP contribution is 2.23. The first-order valence-electron chi connectivity index (χ1n) is 4.95. The first kappa shape index (κ1) is 14.9. The molecule has 0 aliphatic heterocycles. The minimum atomic E-state index is -3.84. The lowest BCUT2D eigenvalue weighted by Gasteiger charge is -2.22. The van der Waals surface area contributed by atoms with Crippen molar-refractivity contribution >= 4 is 37.5 Å². The normalized spacial score (nSPS) is 12.4. The number of hydrogen-bond acceptors (Lipinski definition) is 4. The second-order valence-electron chi connectivity index (χ2n) is 4.28. The maximum atomic E-state index is 12.0. The van der Waals surface area contributed by atoms with Gasteiger partial charge < -0.3 is 11.5 Å². The molecule has 100 valence electrons. The first-order chi connectivity index (χ1) is 8.06. The Bertz CT molecular complexity index is 584. The van der Waals surface area contributed by atoms with Gasteiger partial charge in [0, 0.05) is 10.2 Å². The van der Waals surface area contributed by atoms with Crippen LogP contribution in [0.1, 0.15) is 13.8 Å². The van der Waals surface area contributed by atoms with Crippen LogP contribution in [-0.4, -0.2) is 19.9 Å². The minimum absolute atomic E-state index is 0.00194. The molecule has 1 aromatic rings. The molecule has 18 heavy (non-hydrogen) atoms. The zero-order chi connectivity index (χ0) is 14.1. The molecular formula is C10H14BrN3O3S. The predicted molar refractivity (Wildman–Crippen MR) is 72.1 cm³/mol. The SMILES string of the molecule is CC(C)(NS(=O)(=O)c1ccc(N)c(Br)c1)C(N)=O. The van der Waals surface area contributed by atoms with Crippen molar-refractivity contribution in [2.24, 2.45) is 5.73 Å². The Hall–Kier alpha value is -1.12. The standard InChI is InChI=1S/C10H14BrN3O3S/c1-10(2,9(13)15)14-18(16,17)6-3-4-8(12)7(11)5-6/h3-5,14H,12H2,1-2H3,(H2,13,15). The van der Waals surface area contributed by atoms with Gasteiger partial charge in [0.1, 0.15) is 5.54 Å². The number of nitrogen functional groups attached to an aromatic ring is 1. The molecule has 0 bridgehead atoms. The topological polar surface area (TPSA) is 115 Å². The van der Waals surface area contributed by atoms with Crippen molar-refractivity contribution in [1.82, 2.24) is 4.72 Å². The van der Waals surface area contributed by atoms with Crippen LogP contribution in [0.4, 0.5) is 5.69 Å². The number of rotatable bonds is 4. The summed E-state index contributed by atoms with van der Waals surface area (Å²) in [6.07, 6.45) is 0. The van der Waals surface area contributed by atoms with Gasteiger partial charge in [0.2, 0.25) is 15.9 Å². The fraction of sp³-hybridized carbons (Fsp3) is 0.300. The number of carbonyl (C=O) groups is 1. The van der Waals surface area contributed by atoms with Crippen molar-refractivity contribution in [3.63, 3.8) is 0 Å². The van der Waals surface area contributed by atoms with E-state index in [1.54, 1.807) is 0 Å². The molecular weight excluding hydrogens is 322 g/mol. The van der Waals surface area contributed by atoms with Gasteiger partial charge in [0.15, 0.2) is 0 Å². The van der Waals surface area contributed by atoms with Crippen LogP contribution in [-0.2, 0) is 14.8 Å². The van der Waals surface area contributed by atoms with E-state index in [2.05, 4.69) is 20.7 Å². The highest BCUT2D eigenvalue weighted by atomic mass is 79.9. The Morgan fingerprint density at radius 3 is 2.39 bits per heavy atom. The second kappa shape index (κ2) is 4.87. The van der Waals surface area contributed by atoms with Crippen LogP contribution in [0, 0.1) is 0 Å². The summed E-state index contributed by atoms with van der Waals surface area (Å²) in [6, 6.07) is 4.16. The van der Waals surface area contributed by atoms with Gasteiger partial charge in [-0.05, 0) is 48.0 Å². The smallest absolute Gasteiger partial charge is 0.241 e. The molecule has 0 radical (unpaired) electrons. The monoisotopic (exact) mass is 335 g/mol. The number of sulfonamides is 1. The molecule has 0 aromatic heterocycles. The van der Waals surface area contributed by atoms with Gasteiger partial charge in [0.05, 0.1) is 4.90 Å². The van der Waals surface area contributed by atoms with Gasteiger partial charge in [-0.25, -0.2) is 8.42 Å². The second-order valence-corrected chi connectivity index (χ2v) is 6.81. The average Bonchev–Trinajstić information content (AvgIpc) is 2.20. The Balaban J connectivity index is 3.15. The predicted octanol–water partition coefficient (Wildman–Crippen LogP) is 0.574. The Morgan fingerprint density at radius 1 is 1.39 bits per heavy atom. The fourth-order valence-corrected chi connectivity index (χ4v) is 3.06. The maximum Gasteiger partial charge on any atom is 0.241 e. The zero-order valence-electron chi connectivity index (χ0n) is 9.90. The third-order valence-electron chi connectivity index (χ3n) is 2.29. The van der Waals surface area contributed by atoms with Crippen LogP contribution < -0.4 is 16.2 Å². The van der Waals surface area contributed by atoms with Crippen LogP contribution in [0.15, 0.2) is 27.6 Å². The van der Waals surface area contributed by atoms with Gasteiger partial charge in [-0.15, -0.1) is 0 Å². The number of halogens is 1. The lowest BCUT2D eigenvalue weighted by Crippen LogP contribution is -2.52. The summed E-state index contributed by atoms with van der Waals surface area (Å²) in [7, 11) is -3.84. The van der Waals surface area contributed by atoms with Crippen LogP contribution >= 0.6 is 15.9 Å². The molecule has 0 aliphatic carbocycles. The van der Waals surface area contributed by atoms with Crippen LogP contribution in [0.2, 0.25) is 0 Å². The van der Waals surface area contributed by atoms with E-state index in [0.29, 0.717) is 10.2 Å². The fourth-order valence-electron chi connectivity index (χ4n) is 1.12. The highest BCUT2D eigenvalue weighted by molar-refractivity contribution is 9.10. The lowest BCUT2D eigenvalue weighted by atomic mass is 10.1. The molecule has 0 aliphatic rings. The molecule has 1 aromatic carbocycles. The van der Waals surface area contributed by atoms with Gasteiger partial charge in [0.25, 0.3) is 0 Å². The molecule has 1 amide bonds. The van der Waals surface area contributed by atoms with Gasteiger partial charge in [-0.1, -0.05) is 0 Å². The molecule has 5 N–H and O–H groups in total. The molecule has 0 heterocycles. The number of nitrogens with two attached hydrogens (primary N) is 2. The summed E-state index contributed by atoms with van der Waals surface area (Å²) < 4.78 is 26.8. The van der Waals surface area contributed by atoms with Crippen molar-refractivity contribution in [3.05, 3.63) is 22.7 Å². The van der Waals surface area contributed by atoms with E-state index >= 15 is 0 Å². The Kier molecular flexibility index (Phi) is 4.04. The third kappa shape index (κ3) is 3.21. The summed E-state index contributed by atoms with van der Waals surface area (Å²) in [5.74, 6) is -0.763. The molecule has 0 saturated carbocycles.